The number of rotatable bonds is 1. The van der Waals surface area contributed by atoms with E-state index in [0.29, 0.717) is 11.7 Å². The lowest BCUT2D eigenvalue weighted by atomic mass is 10.2. The number of halogens is 1. The van der Waals surface area contributed by atoms with E-state index in [4.69, 9.17) is 0 Å². The van der Waals surface area contributed by atoms with E-state index < -0.39 is 5.56 Å². The lowest BCUT2D eigenvalue weighted by Crippen LogP contribution is -2.18. The number of hydrogen-bond acceptors (Lipinski definition) is 2. The summed E-state index contributed by atoms with van der Waals surface area (Å²) in [6.07, 6.45) is 0.352. The van der Waals surface area contributed by atoms with Gasteiger partial charge in [0.25, 0.3) is 5.56 Å². The van der Waals surface area contributed by atoms with Gasteiger partial charge in [-0.3, -0.25) is 9.59 Å². The van der Waals surface area contributed by atoms with E-state index >= 15 is 0 Å². The van der Waals surface area contributed by atoms with Crippen molar-refractivity contribution in [2.24, 2.45) is 0 Å². The van der Waals surface area contributed by atoms with Crippen LogP contribution in [-0.2, 0) is 0 Å². The highest BCUT2D eigenvalue weighted by atomic mass is 19.2. The highest BCUT2D eigenvalue weighted by molar-refractivity contribution is 5.85. The molecule has 0 saturated carbocycles. The molecular weight excluding hydrogens is 185 g/mol. The summed E-state index contributed by atoms with van der Waals surface area (Å²) < 4.78 is 13.3. The van der Waals surface area contributed by atoms with Crippen LogP contribution in [0.3, 0.4) is 0 Å². The van der Waals surface area contributed by atoms with Gasteiger partial charge < -0.3 is 0 Å². The summed E-state index contributed by atoms with van der Waals surface area (Å²) >= 11 is 0. The Balaban J connectivity index is 2.99. The van der Waals surface area contributed by atoms with E-state index in [2.05, 4.69) is 0 Å². The first kappa shape index (κ1) is 8.62. The lowest BCUT2D eigenvalue weighted by molar-refractivity contribution is 0.112. The molecule has 70 valence electrons. The van der Waals surface area contributed by atoms with Gasteiger partial charge >= 0.3 is 0 Å². The van der Waals surface area contributed by atoms with Crippen molar-refractivity contribution in [1.82, 2.24) is 4.79 Å². The highest BCUT2D eigenvalue weighted by Crippen LogP contribution is 2.12. The van der Waals surface area contributed by atoms with E-state index in [-0.39, 0.29) is 15.9 Å². The van der Waals surface area contributed by atoms with Gasteiger partial charge in [0, 0.05) is 5.39 Å². The number of benzene rings is 1. The van der Waals surface area contributed by atoms with Crippen molar-refractivity contribution in [2.45, 2.75) is 0 Å². The van der Waals surface area contributed by atoms with Crippen LogP contribution in [0.4, 0.5) is 4.48 Å². The highest BCUT2D eigenvalue weighted by Gasteiger charge is 2.06. The third-order valence-electron chi connectivity index (χ3n) is 2.01. The van der Waals surface area contributed by atoms with Crippen molar-refractivity contribution in [3.05, 3.63) is 46.2 Å². The van der Waals surface area contributed by atoms with Gasteiger partial charge in [0.2, 0.25) is 0 Å². The van der Waals surface area contributed by atoms with Crippen LogP contribution in [0, 0.1) is 0 Å². The van der Waals surface area contributed by atoms with Crippen LogP contribution in [0.5, 0.6) is 0 Å². The molecule has 0 aliphatic rings. The number of carbonyl (C=O) groups is 1. The van der Waals surface area contributed by atoms with Crippen LogP contribution >= 0.6 is 0 Å². The number of hydrogen-bond donors (Lipinski definition) is 0. The van der Waals surface area contributed by atoms with Gasteiger partial charge in [-0.1, -0.05) is 22.7 Å². The quantitative estimate of drug-likeness (QED) is 0.641. The molecule has 0 saturated heterocycles. The first-order valence-electron chi connectivity index (χ1n) is 4.00. The number of para-hydroxylation sites is 1. The second kappa shape index (κ2) is 3.06. The zero-order chi connectivity index (χ0) is 10.1. The fourth-order valence-corrected chi connectivity index (χ4v) is 1.32. The average molecular weight is 191 g/mol. The van der Waals surface area contributed by atoms with Crippen molar-refractivity contribution in [1.29, 1.82) is 0 Å². The van der Waals surface area contributed by atoms with E-state index in [1.807, 2.05) is 0 Å². The maximum Gasteiger partial charge on any atom is 0.289 e. The van der Waals surface area contributed by atoms with Gasteiger partial charge in [-0.15, -0.1) is 4.79 Å². The zero-order valence-corrected chi connectivity index (χ0v) is 7.11. The second-order valence-electron chi connectivity index (χ2n) is 2.86. The standard InChI is InChI=1S/C10H6FNO2/c11-12-9-4-2-1-3-7(9)5-8(6-13)10(12)14/h1-6H. The Morgan fingerprint density at radius 1 is 1.29 bits per heavy atom. The lowest BCUT2D eigenvalue weighted by Gasteiger charge is -2.00. The van der Waals surface area contributed by atoms with Gasteiger partial charge in [0.15, 0.2) is 6.29 Å². The Hall–Kier alpha value is -1.97. The third-order valence-corrected chi connectivity index (χ3v) is 2.01. The molecule has 0 unspecified atom stereocenters. The van der Waals surface area contributed by atoms with Crippen molar-refractivity contribution in [2.75, 3.05) is 0 Å². The first-order valence-corrected chi connectivity index (χ1v) is 4.00. The van der Waals surface area contributed by atoms with Crippen molar-refractivity contribution < 1.29 is 9.28 Å². The van der Waals surface area contributed by atoms with E-state index in [1.165, 1.54) is 12.1 Å². The van der Waals surface area contributed by atoms with Gasteiger partial charge in [-0.2, -0.15) is 0 Å². The summed E-state index contributed by atoms with van der Waals surface area (Å²) in [4.78, 5) is 21.6. The van der Waals surface area contributed by atoms with Crippen LogP contribution in [0.25, 0.3) is 10.9 Å². The number of aromatic nitrogens is 1. The van der Waals surface area contributed by atoms with Crippen molar-refractivity contribution >= 4 is 17.2 Å². The molecule has 0 atom stereocenters. The Morgan fingerprint density at radius 3 is 2.71 bits per heavy atom. The van der Waals surface area contributed by atoms with Gasteiger partial charge in [0.1, 0.15) is 0 Å². The maximum absolute atomic E-state index is 13.3. The summed E-state index contributed by atoms with van der Waals surface area (Å²) in [7, 11) is 0. The molecule has 0 aliphatic carbocycles. The first-order chi connectivity index (χ1) is 6.74. The molecule has 1 aromatic heterocycles. The molecule has 0 fully saturated rings. The monoisotopic (exact) mass is 191 g/mol. The molecule has 4 heteroatoms. The van der Waals surface area contributed by atoms with Crippen LogP contribution in [0.2, 0.25) is 0 Å². The molecule has 0 bridgehead atoms. The number of pyridine rings is 1. The number of aldehydes is 1. The minimum absolute atomic E-state index is 0.0148. The predicted molar refractivity (Wildman–Crippen MR) is 50.1 cm³/mol. The molecule has 2 rings (SSSR count). The van der Waals surface area contributed by atoms with Crippen LogP contribution in [0.15, 0.2) is 35.1 Å². The van der Waals surface area contributed by atoms with Crippen molar-refractivity contribution in [3.8, 4) is 0 Å². The number of carbonyl (C=O) groups excluding carboxylic acids is 1. The number of nitrogens with zero attached hydrogens (tertiary/aromatic N) is 1. The summed E-state index contributed by atoms with van der Waals surface area (Å²) in [6.45, 7) is 0. The van der Waals surface area contributed by atoms with E-state index in [0.717, 1.165) is 0 Å². The Labute approximate surface area is 78.3 Å². The molecule has 0 N–H and O–H groups in total. The number of fused-ring (bicyclic) bond motifs is 1. The minimum Gasteiger partial charge on any atom is -0.298 e. The molecule has 3 nitrogen and oxygen atoms in total. The normalized spacial score (nSPS) is 10.4. The van der Waals surface area contributed by atoms with Crippen molar-refractivity contribution in [3.63, 3.8) is 0 Å². The summed E-state index contributed by atoms with van der Waals surface area (Å²) in [6, 6.07) is 7.82. The maximum atomic E-state index is 13.3. The molecule has 0 amide bonds. The molecule has 2 aromatic rings. The van der Waals surface area contributed by atoms with Gasteiger partial charge in [-0.25, -0.2) is 0 Å². The Kier molecular flexibility index (Phi) is 1.89. The fourth-order valence-electron chi connectivity index (χ4n) is 1.32. The second-order valence-corrected chi connectivity index (χ2v) is 2.86. The van der Waals surface area contributed by atoms with Crippen LogP contribution in [-0.4, -0.2) is 11.1 Å². The van der Waals surface area contributed by atoms with E-state index in [9.17, 15) is 14.1 Å². The Morgan fingerprint density at radius 2 is 2.00 bits per heavy atom. The van der Waals surface area contributed by atoms with E-state index in [1.54, 1.807) is 18.2 Å². The summed E-state index contributed by atoms with van der Waals surface area (Å²) in [5.41, 5.74) is -0.923. The molecule has 14 heavy (non-hydrogen) atoms. The topological polar surface area (TPSA) is 39.1 Å². The largest absolute Gasteiger partial charge is 0.298 e. The summed E-state index contributed by atoms with van der Waals surface area (Å²) in [5.74, 6) is 0. The molecule has 1 aromatic carbocycles. The molecule has 1 heterocycles. The fraction of sp³-hybridized carbons (Fsp3) is 0. The smallest absolute Gasteiger partial charge is 0.289 e. The average Bonchev–Trinajstić information content (AvgIpc) is 2.23. The molecular formula is C10H6FNO2. The molecule has 0 radical (unpaired) electrons. The third kappa shape index (κ3) is 1.12. The SMILES string of the molecule is O=Cc1cc2ccccc2n(F)c1=O. The predicted octanol–water partition coefficient (Wildman–Crippen LogP) is 1.55. The van der Waals surface area contributed by atoms with Gasteiger partial charge in [-0.05, 0) is 12.1 Å². The Bertz CT molecular complexity index is 560. The minimum atomic E-state index is -0.918. The van der Waals surface area contributed by atoms with Crippen LogP contribution in [0.1, 0.15) is 10.4 Å². The molecule has 0 spiro atoms. The van der Waals surface area contributed by atoms with Crippen LogP contribution < -0.4 is 5.56 Å². The van der Waals surface area contributed by atoms with Gasteiger partial charge in [0.05, 0.1) is 11.1 Å². The molecule has 0 aliphatic heterocycles. The summed E-state index contributed by atoms with van der Waals surface area (Å²) in [5, 5.41) is 0.525. The zero-order valence-electron chi connectivity index (χ0n) is 7.11.